The van der Waals surface area contributed by atoms with E-state index in [4.69, 9.17) is 0 Å². The van der Waals surface area contributed by atoms with Gasteiger partial charge in [0.15, 0.2) is 0 Å². The smallest absolute Gasteiger partial charge is 0.0984 e. The highest BCUT2D eigenvalue weighted by atomic mass is 16.3. The maximum atomic E-state index is 10.8. The van der Waals surface area contributed by atoms with Crippen molar-refractivity contribution >= 4 is 0 Å². The third-order valence-corrected chi connectivity index (χ3v) is 6.04. The van der Waals surface area contributed by atoms with Crippen LogP contribution < -0.4 is 0 Å². The van der Waals surface area contributed by atoms with Gasteiger partial charge in [0, 0.05) is 11.8 Å². The number of hydrogen-bond donors (Lipinski definition) is 3. The molecule has 3 nitrogen and oxygen atoms in total. The van der Waals surface area contributed by atoms with Gasteiger partial charge in [-0.2, -0.15) is 0 Å². The van der Waals surface area contributed by atoms with Crippen LogP contribution >= 0.6 is 0 Å². The number of aliphatic hydroxyl groups excluding tert-OH is 2. The van der Waals surface area contributed by atoms with Crippen molar-refractivity contribution in [2.24, 2.45) is 22.7 Å². The largest absolute Gasteiger partial charge is 0.392 e. The Kier molecular flexibility index (Phi) is 2.38. The Balaban J connectivity index is 2.07. The lowest BCUT2D eigenvalue weighted by atomic mass is 9.44. The van der Waals surface area contributed by atoms with Gasteiger partial charge in [0.25, 0.3) is 0 Å². The molecule has 0 aromatic carbocycles. The lowest BCUT2D eigenvalue weighted by Crippen LogP contribution is -2.71. The van der Waals surface area contributed by atoms with Crippen LogP contribution in [0, 0.1) is 22.7 Å². The number of fused-ring (bicyclic) bond motifs is 3. The minimum Gasteiger partial charge on any atom is -0.392 e. The SMILES string of the molecule is CC1(C)C[C@H]2C=C(CO)[C@]3(O)C[C@@H](O)[C@]3(C)[C@H]2C1. The van der Waals surface area contributed by atoms with E-state index in [1.165, 1.54) is 0 Å². The molecule has 0 aromatic rings. The zero-order chi connectivity index (χ0) is 13.3. The van der Waals surface area contributed by atoms with Gasteiger partial charge in [0.2, 0.25) is 0 Å². The van der Waals surface area contributed by atoms with E-state index in [1.807, 2.05) is 6.92 Å². The van der Waals surface area contributed by atoms with Crippen LogP contribution in [0.3, 0.4) is 0 Å². The zero-order valence-electron chi connectivity index (χ0n) is 11.5. The summed E-state index contributed by atoms with van der Waals surface area (Å²) < 4.78 is 0. The normalized spacial score (nSPS) is 53.2. The fraction of sp³-hybridized carbons (Fsp3) is 0.867. The molecular formula is C15H24O3. The molecule has 0 aliphatic heterocycles. The molecule has 0 saturated heterocycles. The van der Waals surface area contributed by atoms with E-state index in [1.54, 1.807) is 0 Å². The fourth-order valence-electron chi connectivity index (χ4n) is 4.91. The van der Waals surface area contributed by atoms with Crippen molar-refractivity contribution in [3.05, 3.63) is 11.6 Å². The van der Waals surface area contributed by atoms with Crippen molar-refractivity contribution in [3.8, 4) is 0 Å². The average molecular weight is 252 g/mol. The minimum atomic E-state index is -0.983. The van der Waals surface area contributed by atoms with Crippen LogP contribution in [0.4, 0.5) is 0 Å². The Labute approximate surface area is 109 Å². The number of aliphatic hydroxyl groups is 3. The van der Waals surface area contributed by atoms with Crippen molar-refractivity contribution in [2.75, 3.05) is 6.61 Å². The molecule has 3 heteroatoms. The maximum Gasteiger partial charge on any atom is 0.0984 e. The van der Waals surface area contributed by atoms with Gasteiger partial charge in [-0.05, 0) is 35.7 Å². The Morgan fingerprint density at radius 3 is 2.44 bits per heavy atom. The van der Waals surface area contributed by atoms with E-state index in [9.17, 15) is 15.3 Å². The molecule has 102 valence electrons. The van der Waals surface area contributed by atoms with Crippen LogP contribution in [0.5, 0.6) is 0 Å². The summed E-state index contributed by atoms with van der Waals surface area (Å²) in [6.45, 7) is 6.42. The summed E-state index contributed by atoms with van der Waals surface area (Å²) in [5, 5.41) is 30.6. The topological polar surface area (TPSA) is 60.7 Å². The van der Waals surface area contributed by atoms with Crippen molar-refractivity contribution in [1.29, 1.82) is 0 Å². The van der Waals surface area contributed by atoms with Crippen LogP contribution in [-0.2, 0) is 0 Å². The van der Waals surface area contributed by atoms with Crippen LogP contribution in [0.1, 0.15) is 40.0 Å². The molecule has 0 aromatic heterocycles. The van der Waals surface area contributed by atoms with Gasteiger partial charge in [-0.1, -0.05) is 26.8 Å². The zero-order valence-corrected chi connectivity index (χ0v) is 11.5. The third kappa shape index (κ3) is 1.25. The van der Waals surface area contributed by atoms with Gasteiger partial charge in [-0.15, -0.1) is 0 Å². The predicted molar refractivity (Wildman–Crippen MR) is 68.8 cm³/mol. The molecule has 0 unspecified atom stereocenters. The summed E-state index contributed by atoms with van der Waals surface area (Å²) in [6.07, 6.45) is 4.15. The second kappa shape index (κ2) is 3.38. The maximum absolute atomic E-state index is 10.8. The minimum absolute atomic E-state index is 0.0948. The molecule has 2 saturated carbocycles. The second-order valence-electron chi connectivity index (χ2n) is 7.56. The van der Waals surface area contributed by atoms with Crippen LogP contribution in [0.2, 0.25) is 0 Å². The number of allylic oxidation sites excluding steroid dienone is 1. The highest BCUT2D eigenvalue weighted by Gasteiger charge is 2.70. The van der Waals surface area contributed by atoms with Crippen molar-refractivity contribution < 1.29 is 15.3 Å². The quantitative estimate of drug-likeness (QED) is 0.619. The average Bonchev–Trinajstić information content (AvgIpc) is 2.59. The van der Waals surface area contributed by atoms with E-state index >= 15 is 0 Å². The van der Waals surface area contributed by atoms with E-state index in [0.717, 1.165) is 18.4 Å². The number of hydrogen-bond acceptors (Lipinski definition) is 3. The summed E-state index contributed by atoms with van der Waals surface area (Å²) in [5.74, 6) is 0.721. The monoisotopic (exact) mass is 252 g/mol. The van der Waals surface area contributed by atoms with Crippen LogP contribution in [-0.4, -0.2) is 33.6 Å². The summed E-state index contributed by atoms with van der Waals surface area (Å²) in [7, 11) is 0. The number of rotatable bonds is 1. The molecule has 0 radical (unpaired) electrons. The van der Waals surface area contributed by atoms with Crippen molar-refractivity contribution in [1.82, 2.24) is 0 Å². The molecule has 3 aliphatic rings. The first kappa shape index (κ1) is 12.6. The van der Waals surface area contributed by atoms with Crippen molar-refractivity contribution in [3.63, 3.8) is 0 Å². The molecule has 3 N–H and O–H groups in total. The van der Waals surface area contributed by atoms with Crippen LogP contribution in [0.25, 0.3) is 0 Å². The fourth-order valence-corrected chi connectivity index (χ4v) is 4.91. The van der Waals surface area contributed by atoms with E-state index in [-0.39, 0.29) is 12.0 Å². The van der Waals surface area contributed by atoms with Gasteiger partial charge in [-0.3, -0.25) is 0 Å². The van der Waals surface area contributed by atoms with Gasteiger partial charge >= 0.3 is 0 Å². The first-order valence-corrected chi connectivity index (χ1v) is 6.97. The second-order valence-corrected chi connectivity index (χ2v) is 7.56. The summed E-state index contributed by atoms with van der Waals surface area (Å²) in [4.78, 5) is 0. The van der Waals surface area contributed by atoms with E-state index < -0.39 is 17.1 Å². The van der Waals surface area contributed by atoms with Gasteiger partial charge in [0.1, 0.15) is 0 Å². The van der Waals surface area contributed by atoms with Gasteiger partial charge in [0.05, 0.1) is 18.3 Å². The lowest BCUT2D eigenvalue weighted by Gasteiger charge is -2.64. The standard InChI is InChI=1S/C15H24O3/c1-13(2)5-9-4-10(8-16)15(18)7-12(17)14(15,3)11(9)6-13/h4,9,11-12,16-18H,5-8H2,1-3H3/t9-,11+,12-,14+,15-/m1/s1. The molecular weight excluding hydrogens is 228 g/mol. The van der Waals surface area contributed by atoms with E-state index in [2.05, 4.69) is 19.9 Å². The highest BCUT2D eigenvalue weighted by molar-refractivity contribution is 5.37. The molecule has 2 fully saturated rings. The molecule has 0 heterocycles. The molecule has 5 atom stereocenters. The lowest BCUT2D eigenvalue weighted by molar-refractivity contribution is -0.249. The summed E-state index contributed by atoms with van der Waals surface area (Å²) >= 11 is 0. The Morgan fingerprint density at radius 2 is 1.89 bits per heavy atom. The molecule has 0 spiro atoms. The predicted octanol–water partition coefficient (Wildman–Crippen LogP) is 1.47. The highest BCUT2D eigenvalue weighted by Crippen LogP contribution is 2.67. The molecule has 3 rings (SSSR count). The summed E-state index contributed by atoms with van der Waals surface area (Å²) in [6, 6.07) is 0. The Hall–Kier alpha value is -0.380. The van der Waals surface area contributed by atoms with E-state index in [0.29, 0.717) is 18.3 Å². The van der Waals surface area contributed by atoms with Gasteiger partial charge < -0.3 is 15.3 Å². The first-order valence-electron chi connectivity index (χ1n) is 6.97. The molecule has 18 heavy (non-hydrogen) atoms. The summed E-state index contributed by atoms with van der Waals surface area (Å²) in [5.41, 5.74) is -0.467. The van der Waals surface area contributed by atoms with Crippen LogP contribution in [0.15, 0.2) is 11.6 Å². The van der Waals surface area contributed by atoms with Gasteiger partial charge in [-0.25, -0.2) is 0 Å². The Bertz CT molecular complexity index is 414. The van der Waals surface area contributed by atoms with Crippen molar-refractivity contribution in [2.45, 2.75) is 51.7 Å². The molecule has 3 aliphatic carbocycles. The molecule has 0 bridgehead atoms. The first-order chi connectivity index (χ1) is 8.24. The third-order valence-electron chi connectivity index (χ3n) is 6.04. The molecule has 0 amide bonds. The Morgan fingerprint density at radius 1 is 1.22 bits per heavy atom.